The molecule has 0 radical (unpaired) electrons. The third-order valence-corrected chi connectivity index (χ3v) is 4.83. The van der Waals surface area contributed by atoms with Crippen LogP contribution in [0.2, 0.25) is 0 Å². The van der Waals surface area contributed by atoms with Crippen molar-refractivity contribution in [1.82, 2.24) is 5.32 Å². The number of carbonyl (C=O) groups is 1. The molecule has 0 saturated carbocycles. The molecule has 0 unspecified atom stereocenters. The summed E-state index contributed by atoms with van der Waals surface area (Å²) in [6.45, 7) is 6.66. The fourth-order valence-corrected chi connectivity index (χ4v) is 3.15. The number of ketones is 1. The molecule has 0 bridgehead atoms. The van der Waals surface area contributed by atoms with Crippen molar-refractivity contribution in [2.75, 3.05) is 13.1 Å². The van der Waals surface area contributed by atoms with Gasteiger partial charge in [-0.1, -0.05) is 90.9 Å². The van der Waals surface area contributed by atoms with Crippen LogP contribution in [0.3, 0.4) is 0 Å². The van der Waals surface area contributed by atoms with E-state index in [-0.39, 0.29) is 0 Å². The highest BCUT2D eigenvalue weighted by Crippen LogP contribution is 2.10. The van der Waals surface area contributed by atoms with Gasteiger partial charge in [-0.2, -0.15) is 0 Å². The Hall–Kier alpha value is -0.370. The van der Waals surface area contributed by atoms with Crippen LogP contribution in [-0.4, -0.2) is 18.9 Å². The number of unbranched alkanes of at least 4 members (excludes halogenated alkanes) is 12. The number of Topliss-reactive ketones (excluding diaryl/α,β-unsaturated/α-hetero) is 1. The molecule has 0 aliphatic heterocycles. The minimum atomic E-state index is 0.474. The highest BCUT2D eigenvalue weighted by Gasteiger charge is 2.01. The summed E-state index contributed by atoms with van der Waals surface area (Å²) in [5.41, 5.74) is 0. The van der Waals surface area contributed by atoms with Gasteiger partial charge in [0, 0.05) is 12.8 Å². The number of hydrogen-bond acceptors (Lipinski definition) is 2. The first kappa shape index (κ1) is 23.6. The van der Waals surface area contributed by atoms with Gasteiger partial charge in [0.25, 0.3) is 0 Å². The van der Waals surface area contributed by atoms with E-state index in [2.05, 4.69) is 19.2 Å². The summed E-state index contributed by atoms with van der Waals surface area (Å²) in [7, 11) is 0. The topological polar surface area (TPSA) is 29.1 Å². The zero-order chi connectivity index (χ0) is 17.7. The molecule has 24 heavy (non-hydrogen) atoms. The van der Waals surface area contributed by atoms with Gasteiger partial charge in [0.15, 0.2) is 0 Å². The molecule has 0 rings (SSSR count). The van der Waals surface area contributed by atoms with Gasteiger partial charge in [-0.15, -0.1) is 0 Å². The average Bonchev–Trinajstić information content (AvgIpc) is 2.59. The number of nitrogens with one attached hydrogen (secondary N) is 1. The van der Waals surface area contributed by atoms with E-state index in [1.807, 2.05) is 0 Å². The van der Waals surface area contributed by atoms with E-state index in [0.717, 1.165) is 38.8 Å². The molecule has 0 aromatic heterocycles. The zero-order valence-corrected chi connectivity index (χ0v) is 16.8. The van der Waals surface area contributed by atoms with E-state index in [0.29, 0.717) is 5.78 Å². The smallest absolute Gasteiger partial charge is 0.132 e. The largest absolute Gasteiger partial charge is 0.317 e. The number of hydrogen-bond donors (Lipinski definition) is 1. The lowest BCUT2D eigenvalue weighted by Crippen LogP contribution is -2.17. The van der Waals surface area contributed by atoms with Gasteiger partial charge in [0.2, 0.25) is 0 Å². The third-order valence-electron chi connectivity index (χ3n) is 4.83. The van der Waals surface area contributed by atoms with Gasteiger partial charge < -0.3 is 5.32 Å². The summed E-state index contributed by atoms with van der Waals surface area (Å²) in [4.78, 5) is 11.8. The SMILES string of the molecule is CCCCCCCCCCC(=O)CCCNCCCCCCCC. The first-order valence-corrected chi connectivity index (χ1v) is 11.0. The Kier molecular flexibility index (Phi) is 20.4. The zero-order valence-electron chi connectivity index (χ0n) is 16.8. The van der Waals surface area contributed by atoms with Crippen molar-refractivity contribution < 1.29 is 4.79 Å². The Morgan fingerprint density at radius 2 is 0.958 bits per heavy atom. The van der Waals surface area contributed by atoms with Crippen molar-refractivity contribution in [2.24, 2.45) is 0 Å². The first-order valence-electron chi connectivity index (χ1n) is 11.0. The molecule has 0 aromatic rings. The second-order valence-electron chi connectivity index (χ2n) is 7.38. The van der Waals surface area contributed by atoms with Crippen LogP contribution in [0, 0.1) is 0 Å². The second kappa shape index (κ2) is 20.7. The Labute approximate surface area is 152 Å². The van der Waals surface area contributed by atoms with Crippen LogP contribution < -0.4 is 5.32 Å². The lowest BCUT2D eigenvalue weighted by molar-refractivity contribution is -0.119. The van der Waals surface area contributed by atoms with Gasteiger partial charge in [-0.05, 0) is 32.4 Å². The fourth-order valence-electron chi connectivity index (χ4n) is 3.15. The van der Waals surface area contributed by atoms with E-state index in [4.69, 9.17) is 0 Å². The molecular formula is C22H45NO. The Morgan fingerprint density at radius 1 is 0.542 bits per heavy atom. The van der Waals surface area contributed by atoms with E-state index >= 15 is 0 Å². The molecule has 2 nitrogen and oxygen atoms in total. The summed E-state index contributed by atoms with van der Waals surface area (Å²) < 4.78 is 0. The van der Waals surface area contributed by atoms with Gasteiger partial charge in [-0.3, -0.25) is 4.79 Å². The van der Waals surface area contributed by atoms with Crippen LogP contribution >= 0.6 is 0 Å². The summed E-state index contributed by atoms with van der Waals surface area (Å²) in [6.07, 6.45) is 21.2. The van der Waals surface area contributed by atoms with Crippen LogP contribution in [0.25, 0.3) is 0 Å². The average molecular weight is 340 g/mol. The summed E-state index contributed by atoms with van der Waals surface area (Å²) in [5.74, 6) is 0.474. The lowest BCUT2D eigenvalue weighted by Gasteiger charge is -2.05. The Balaban J connectivity index is 3.13. The Bertz CT molecular complexity index is 252. The second-order valence-corrected chi connectivity index (χ2v) is 7.38. The molecule has 0 aromatic carbocycles. The maximum atomic E-state index is 11.8. The van der Waals surface area contributed by atoms with Crippen molar-refractivity contribution in [2.45, 2.75) is 123 Å². The summed E-state index contributed by atoms with van der Waals surface area (Å²) in [6, 6.07) is 0. The minimum Gasteiger partial charge on any atom is -0.317 e. The first-order chi connectivity index (χ1) is 11.8. The molecule has 1 N–H and O–H groups in total. The molecule has 0 aliphatic carbocycles. The number of carbonyl (C=O) groups excluding carboxylic acids is 1. The highest BCUT2D eigenvalue weighted by atomic mass is 16.1. The maximum Gasteiger partial charge on any atom is 0.132 e. The van der Waals surface area contributed by atoms with Crippen LogP contribution in [0.5, 0.6) is 0 Å². The van der Waals surface area contributed by atoms with Gasteiger partial charge >= 0.3 is 0 Å². The van der Waals surface area contributed by atoms with Crippen molar-refractivity contribution in [3.63, 3.8) is 0 Å². The molecule has 0 amide bonds. The van der Waals surface area contributed by atoms with Crippen LogP contribution in [-0.2, 0) is 4.79 Å². The molecule has 2 heteroatoms. The van der Waals surface area contributed by atoms with E-state index in [1.54, 1.807) is 0 Å². The Morgan fingerprint density at radius 3 is 1.54 bits per heavy atom. The van der Waals surface area contributed by atoms with Gasteiger partial charge in [0.1, 0.15) is 5.78 Å². The molecule has 0 atom stereocenters. The van der Waals surface area contributed by atoms with Crippen molar-refractivity contribution in [1.29, 1.82) is 0 Å². The molecule has 144 valence electrons. The predicted octanol–water partition coefficient (Wildman–Crippen LogP) is 6.82. The molecular weight excluding hydrogens is 294 g/mol. The normalized spacial score (nSPS) is 11.1. The monoisotopic (exact) mass is 339 g/mol. The molecule has 0 spiro atoms. The number of rotatable bonds is 20. The lowest BCUT2D eigenvalue weighted by atomic mass is 10.0. The van der Waals surface area contributed by atoms with E-state index in [9.17, 15) is 4.79 Å². The minimum absolute atomic E-state index is 0.474. The van der Waals surface area contributed by atoms with Crippen LogP contribution in [0.4, 0.5) is 0 Å². The molecule has 0 aliphatic rings. The highest BCUT2D eigenvalue weighted by molar-refractivity contribution is 5.78. The summed E-state index contributed by atoms with van der Waals surface area (Å²) in [5, 5.41) is 3.48. The van der Waals surface area contributed by atoms with E-state index in [1.165, 1.54) is 83.5 Å². The molecule has 0 heterocycles. The third kappa shape index (κ3) is 19.7. The van der Waals surface area contributed by atoms with Gasteiger partial charge in [0.05, 0.1) is 0 Å². The maximum absolute atomic E-state index is 11.8. The molecule has 0 saturated heterocycles. The quantitative estimate of drug-likeness (QED) is 0.247. The summed E-state index contributed by atoms with van der Waals surface area (Å²) >= 11 is 0. The van der Waals surface area contributed by atoms with Crippen LogP contribution in [0.1, 0.15) is 123 Å². The van der Waals surface area contributed by atoms with Crippen molar-refractivity contribution in [3.8, 4) is 0 Å². The standard InChI is InChI=1S/C22H45NO/c1-3-5-7-9-11-12-13-15-18-22(24)19-17-21-23-20-16-14-10-8-6-4-2/h23H,3-21H2,1-2H3. The van der Waals surface area contributed by atoms with Crippen molar-refractivity contribution in [3.05, 3.63) is 0 Å². The van der Waals surface area contributed by atoms with E-state index < -0.39 is 0 Å². The van der Waals surface area contributed by atoms with Crippen LogP contribution in [0.15, 0.2) is 0 Å². The fraction of sp³-hybridized carbons (Fsp3) is 0.955. The molecule has 0 fully saturated rings. The van der Waals surface area contributed by atoms with Gasteiger partial charge in [-0.25, -0.2) is 0 Å². The van der Waals surface area contributed by atoms with Crippen molar-refractivity contribution >= 4 is 5.78 Å². The predicted molar refractivity (Wildman–Crippen MR) is 108 cm³/mol.